The summed E-state index contributed by atoms with van der Waals surface area (Å²) in [6, 6.07) is 8.42. The van der Waals surface area contributed by atoms with Crippen molar-refractivity contribution in [2.45, 2.75) is 6.42 Å². The predicted molar refractivity (Wildman–Crippen MR) is 70.0 cm³/mol. The van der Waals surface area contributed by atoms with E-state index in [2.05, 4.69) is 35.2 Å². The minimum atomic E-state index is 0.692. The maximum absolute atomic E-state index is 5.81. The van der Waals surface area contributed by atoms with Crippen LogP contribution in [-0.2, 0) is 13.5 Å². The Hall–Kier alpha value is -1.97. The van der Waals surface area contributed by atoms with Crippen molar-refractivity contribution >= 4 is 11.5 Å². The van der Waals surface area contributed by atoms with Crippen molar-refractivity contribution in [1.82, 2.24) is 9.78 Å². The van der Waals surface area contributed by atoms with E-state index in [0.717, 1.165) is 24.2 Å². The van der Waals surface area contributed by atoms with Gasteiger partial charge in [0.25, 0.3) is 0 Å². The van der Waals surface area contributed by atoms with Gasteiger partial charge >= 0.3 is 0 Å². The molecule has 0 spiro atoms. The van der Waals surface area contributed by atoms with Crippen LogP contribution in [0.15, 0.2) is 24.3 Å². The quantitative estimate of drug-likeness (QED) is 0.807. The molecule has 1 aromatic heterocycles. The summed E-state index contributed by atoms with van der Waals surface area (Å²) in [7, 11) is 3.99. The molecule has 0 fully saturated rings. The summed E-state index contributed by atoms with van der Waals surface area (Å²) < 4.78 is 1.70. The Morgan fingerprint density at radius 1 is 1.24 bits per heavy atom. The zero-order chi connectivity index (χ0) is 12.0. The number of aryl methyl sites for hydroxylation is 1. The minimum Gasteiger partial charge on any atom is -0.384 e. The normalized spacial score (nSPS) is 14.1. The van der Waals surface area contributed by atoms with Crippen LogP contribution in [-0.4, -0.2) is 23.4 Å². The molecule has 4 heteroatoms. The molecule has 0 saturated heterocycles. The molecule has 2 heterocycles. The van der Waals surface area contributed by atoms with E-state index in [0.29, 0.717) is 5.82 Å². The maximum Gasteiger partial charge on any atom is 0.121 e. The van der Waals surface area contributed by atoms with E-state index in [1.54, 1.807) is 4.68 Å². The Labute approximate surface area is 101 Å². The average molecular weight is 228 g/mol. The van der Waals surface area contributed by atoms with Crippen LogP contribution >= 0.6 is 0 Å². The van der Waals surface area contributed by atoms with Crippen molar-refractivity contribution in [3.63, 3.8) is 0 Å². The van der Waals surface area contributed by atoms with Gasteiger partial charge in [0, 0.05) is 38.0 Å². The smallest absolute Gasteiger partial charge is 0.121 e. The van der Waals surface area contributed by atoms with Gasteiger partial charge in [0.2, 0.25) is 0 Å². The molecule has 3 rings (SSSR count). The molecule has 0 saturated carbocycles. The highest BCUT2D eigenvalue weighted by atomic mass is 15.3. The lowest BCUT2D eigenvalue weighted by Gasteiger charge is -2.11. The van der Waals surface area contributed by atoms with E-state index in [-0.39, 0.29) is 0 Å². The van der Waals surface area contributed by atoms with Crippen molar-refractivity contribution in [1.29, 1.82) is 0 Å². The molecule has 1 aliphatic rings. The van der Waals surface area contributed by atoms with Crippen LogP contribution in [0.1, 0.15) is 5.56 Å². The van der Waals surface area contributed by atoms with Gasteiger partial charge in [0.1, 0.15) is 5.82 Å². The fraction of sp³-hybridized carbons (Fsp3) is 0.308. The van der Waals surface area contributed by atoms with Crippen LogP contribution in [0.25, 0.3) is 11.3 Å². The highest BCUT2D eigenvalue weighted by molar-refractivity contribution is 5.69. The molecule has 2 N–H and O–H groups in total. The number of likely N-dealkylation sites (N-methyl/N-ethyl adjacent to an activating group) is 1. The predicted octanol–water partition coefficient (Wildman–Crippen LogP) is 1.66. The number of anilines is 2. The number of nitrogens with two attached hydrogens (primary N) is 1. The largest absolute Gasteiger partial charge is 0.384 e. The van der Waals surface area contributed by atoms with E-state index in [4.69, 9.17) is 5.73 Å². The Kier molecular flexibility index (Phi) is 2.11. The van der Waals surface area contributed by atoms with E-state index in [1.807, 2.05) is 13.1 Å². The number of aromatic nitrogens is 2. The van der Waals surface area contributed by atoms with E-state index in [9.17, 15) is 0 Å². The molecular formula is C13H16N4. The summed E-state index contributed by atoms with van der Waals surface area (Å²) in [5.74, 6) is 0.692. The van der Waals surface area contributed by atoms with Crippen LogP contribution in [0.5, 0.6) is 0 Å². The van der Waals surface area contributed by atoms with Gasteiger partial charge in [-0.3, -0.25) is 4.68 Å². The molecule has 0 unspecified atom stereocenters. The molecule has 1 aromatic carbocycles. The summed E-state index contributed by atoms with van der Waals surface area (Å²) in [5.41, 5.74) is 10.6. The lowest BCUT2D eigenvalue weighted by molar-refractivity contribution is 0.782. The fourth-order valence-corrected chi connectivity index (χ4v) is 2.35. The second-order valence-electron chi connectivity index (χ2n) is 4.59. The summed E-state index contributed by atoms with van der Waals surface area (Å²) in [6.45, 7) is 1.10. The first-order valence-corrected chi connectivity index (χ1v) is 5.79. The van der Waals surface area contributed by atoms with E-state index >= 15 is 0 Å². The Balaban J connectivity index is 2.05. The monoisotopic (exact) mass is 228 g/mol. The number of benzene rings is 1. The van der Waals surface area contributed by atoms with Gasteiger partial charge in [0.05, 0.1) is 5.69 Å². The first-order chi connectivity index (χ1) is 8.15. The third-order valence-corrected chi connectivity index (χ3v) is 3.42. The number of fused-ring (bicyclic) bond motifs is 1. The standard InChI is InChI=1S/C13H16N4/c1-16-6-5-10-7-9(3-4-12(10)16)11-8-13(14)17(2)15-11/h3-4,7-8H,5-6,14H2,1-2H3. The second-order valence-corrected chi connectivity index (χ2v) is 4.59. The zero-order valence-corrected chi connectivity index (χ0v) is 10.1. The maximum atomic E-state index is 5.81. The molecule has 0 amide bonds. The molecular weight excluding hydrogens is 212 g/mol. The molecule has 88 valence electrons. The number of rotatable bonds is 1. The molecule has 0 aliphatic carbocycles. The Morgan fingerprint density at radius 3 is 2.76 bits per heavy atom. The third kappa shape index (κ3) is 1.56. The van der Waals surface area contributed by atoms with Crippen molar-refractivity contribution in [3.8, 4) is 11.3 Å². The van der Waals surface area contributed by atoms with Gasteiger partial charge in [-0.2, -0.15) is 5.10 Å². The van der Waals surface area contributed by atoms with Gasteiger partial charge in [0.15, 0.2) is 0 Å². The van der Waals surface area contributed by atoms with Crippen LogP contribution in [0.4, 0.5) is 11.5 Å². The molecule has 1 aliphatic heterocycles. The van der Waals surface area contributed by atoms with Gasteiger partial charge in [-0.25, -0.2) is 0 Å². The number of hydrogen-bond acceptors (Lipinski definition) is 3. The highest BCUT2D eigenvalue weighted by Crippen LogP contribution is 2.31. The molecule has 17 heavy (non-hydrogen) atoms. The lowest BCUT2D eigenvalue weighted by atomic mass is 10.1. The number of nitrogens with zero attached hydrogens (tertiary/aromatic N) is 3. The average Bonchev–Trinajstić information content (AvgIpc) is 2.84. The topological polar surface area (TPSA) is 47.1 Å². The Bertz CT molecular complexity index is 551. The summed E-state index contributed by atoms with van der Waals surface area (Å²) in [5, 5.41) is 4.40. The highest BCUT2D eigenvalue weighted by Gasteiger charge is 2.16. The minimum absolute atomic E-state index is 0.692. The lowest BCUT2D eigenvalue weighted by Crippen LogP contribution is -2.12. The van der Waals surface area contributed by atoms with Gasteiger partial charge in [-0.1, -0.05) is 6.07 Å². The molecule has 0 radical (unpaired) electrons. The van der Waals surface area contributed by atoms with Gasteiger partial charge in [-0.05, 0) is 24.1 Å². The molecule has 0 atom stereocenters. The van der Waals surface area contributed by atoms with Crippen molar-refractivity contribution < 1.29 is 0 Å². The van der Waals surface area contributed by atoms with Crippen molar-refractivity contribution in [2.75, 3.05) is 24.2 Å². The molecule has 2 aromatic rings. The first-order valence-electron chi connectivity index (χ1n) is 5.79. The number of hydrogen-bond donors (Lipinski definition) is 1. The Morgan fingerprint density at radius 2 is 2.06 bits per heavy atom. The summed E-state index contributed by atoms with van der Waals surface area (Å²) in [4.78, 5) is 2.28. The number of nitrogen functional groups attached to an aromatic ring is 1. The van der Waals surface area contributed by atoms with Gasteiger partial charge in [-0.15, -0.1) is 0 Å². The second kappa shape index (κ2) is 3.52. The van der Waals surface area contributed by atoms with E-state index in [1.165, 1.54) is 11.3 Å². The fourth-order valence-electron chi connectivity index (χ4n) is 2.35. The van der Waals surface area contributed by atoms with Crippen LogP contribution < -0.4 is 10.6 Å². The van der Waals surface area contributed by atoms with Crippen molar-refractivity contribution in [2.24, 2.45) is 7.05 Å². The molecule has 0 bridgehead atoms. The summed E-state index contributed by atoms with van der Waals surface area (Å²) in [6.07, 6.45) is 1.11. The van der Waals surface area contributed by atoms with E-state index < -0.39 is 0 Å². The van der Waals surface area contributed by atoms with Crippen molar-refractivity contribution in [3.05, 3.63) is 29.8 Å². The molecule has 4 nitrogen and oxygen atoms in total. The third-order valence-electron chi connectivity index (χ3n) is 3.42. The summed E-state index contributed by atoms with van der Waals surface area (Å²) >= 11 is 0. The van der Waals surface area contributed by atoms with Gasteiger partial charge < -0.3 is 10.6 Å². The first kappa shape index (κ1) is 10.2. The van der Waals surface area contributed by atoms with Crippen LogP contribution in [0.2, 0.25) is 0 Å². The SMILES string of the molecule is CN1CCc2cc(-c3cc(N)n(C)n3)ccc21. The van der Waals surface area contributed by atoms with Crippen LogP contribution in [0, 0.1) is 0 Å². The zero-order valence-electron chi connectivity index (χ0n) is 10.1. The van der Waals surface area contributed by atoms with Crippen LogP contribution in [0.3, 0.4) is 0 Å².